The molecule has 0 radical (unpaired) electrons. The molecule has 1 saturated heterocycles. The first-order valence-corrected chi connectivity index (χ1v) is 5.37. The Bertz CT molecular complexity index is 400. The van der Waals surface area contributed by atoms with E-state index in [-0.39, 0.29) is 5.91 Å². The van der Waals surface area contributed by atoms with Gasteiger partial charge in [-0.25, -0.2) is 0 Å². The van der Waals surface area contributed by atoms with Crippen molar-refractivity contribution in [1.29, 1.82) is 0 Å². The predicted octanol–water partition coefficient (Wildman–Crippen LogP) is 0.582. The molecule has 1 aliphatic heterocycles. The summed E-state index contributed by atoms with van der Waals surface area (Å²) in [5.74, 6) is -0.380. The molecule has 1 aliphatic rings. The minimum absolute atomic E-state index is 0.380. The Morgan fingerprint density at radius 1 is 1.56 bits per heavy atom. The van der Waals surface area contributed by atoms with Crippen molar-refractivity contribution in [1.82, 2.24) is 5.32 Å². The molecule has 1 aromatic rings. The zero-order chi connectivity index (χ0) is 11.5. The van der Waals surface area contributed by atoms with Crippen LogP contribution in [0.15, 0.2) is 18.2 Å². The fraction of sp³-hybridized carbons (Fsp3) is 0.417. The van der Waals surface area contributed by atoms with Gasteiger partial charge in [0.25, 0.3) is 0 Å². The van der Waals surface area contributed by atoms with Gasteiger partial charge >= 0.3 is 0 Å². The van der Waals surface area contributed by atoms with E-state index < -0.39 is 0 Å². The second kappa shape index (κ2) is 4.63. The van der Waals surface area contributed by atoms with E-state index in [1.54, 1.807) is 6.07 Å². The smallest absolute Gasteiger partial charge is 0.248 e. The van der Waals surface area contributed by atoms with Gasteiger partial charge in [0.15, 0.2) is 0 Å². The normalized spacial score (nSPS) is 15.8. The van der Waals surface area contributed by atoms with Crippen LogP contribution < -0.4 is 11.1 Å². The number of carbonyl (C=O) groups excluding carboxylic acids is 1. The molecular formula is C12H16N2O2. The molecule has 0 spiro atoms. The van der Waals surface area contributed by atoms with Gasteiger partial charge in [0, 0.05) is 12.1 Å². The molecule has 0 saturated carbocycles. The van der Waals surface area contributed by atoms with E-state index in [0.717, 1.165) is 25.3 Å². The monoisotopic (exact) mass is 220 g/mol. The number of nitrogens with one attached hydrogen (secondary N) is 1. The van der Waals surface area contributed by atoms with Crippen LogP contribution in [0.1, 0.15) is 21.5 Å². The van der Waals surface area contributed by atoms with Crippen LogP contribution in [0.4, 0.5) is 0 Å². The molecule has 0 aliphatic carbocycles. The third kappa shape index (κ3) is 2.40. The van der Waals surface area contributed by atoms with Crippen LogP contribution in [-0.4, -0.2) is 25.2 Å². The summed E-state index contributed by atoms with van der Waals surface area (Å²) in [6.45, 7) is 4.37. The average Bonchev–Trinajstić information content (AvgIpc) is 2.17. The van der Waals surface area contributed by atoms with Crippen molar-refractivity contribution >= 4 is 5.91 Å². The molecule has 0 atom stereocenters. The van der Waals surface area contributed by atoms with E-state index in [4.69, 9.17) is 10.5 Å². The maximum absolute atomic E-state index is 11.0. The quantitative estimate of drug-likeness (QED) is 0.780. The van der Waals surface area contributed by atoms with Crippen molar-refractivity contribution in [2.45, 2.75) is 19.5 Å². The van der Waals surface area contributed by atoms with Crippen molar-refractivity contribution in [2.24, 2.45) is 5.73 Å². The molecule has 3 N–H and O–H groups in total. The van der Waals surface area contributed by atoms with Gasteiger partial charge < -0.3 is 15.8 Å². The Morgan fingerprint density at radius 2 is 2.31 bits per heavy atom. The van der Waals surface area contributed by atoms with Gasteiger partial charge in [-0.05, 0) is 30.2 Å². The fourth-order valence-electron chi connectivity index (χ4n) is 1.66. The van der Waals surface area contributed by atoms with Gasteiger partial charge in [0.1, 0.15) is 0 Å². The topological polar surface area (TPSA) is 64.4 Å². The standard InChI is InChI=1S/C12H16N2O2/c1-8-4-9(12(13)15)2-3-10(8)5-14-11-6-16-7-11/h2-4,11,14H,5-7H2,1H3,(H2,13,15). The zero-order valence-corrected chi connectivity index (χ0v) is 9.32. The highest BCUT2D eigenvalue weighted by atomic mass is 16.5. The first-order chi connectivity index (χ1) is 7.66. The number of hydrogen-bond donors (Lipinski definition) is 2. The van der Waals surface area contributed by atoms with Crippen LogP contribution in [0.2, 0.25) is 0 Å². The van der Waals surface area contributed by atoms with Crippen LogP contribution in [0.5, 0.6) is 0 Å². The molecule has 1 aromatic carbocycles. The van der Waals surface area contributed by atoms with E-state index in [0.29, 0.717) is 11.6 Å². The molecule has 16 heavy (non-hydrogen) atoms. The number of hydrogen-bond acceptors (Lipinski definition) is 3. The van der Waals surface area contributed by atoms with Gasteiger partial charge in [-0.1, -0.05) is 6.07 Å². The van der Waals surface area contributed by atoms with Crippen LogP contribution in [0.25, 0.3) is 0 Å². The van der Waals surface area contributed by atoms with Crippen molar-refractivity contribution in [3.63, 3.8) is 0 Å². The maximum Gasteiger partial charge on any atom is 0.248 e. The molecular weight excluding hydrogens is 204 g/mol. The number of primary amides is 1. The summed E-state index contributed by atoms with van der Waals surface area (Å²) in [7, 11) is 0. The number of ether oxygens (including phenoxy) is 1. The van der Waals surface area contributed by atoms with Crippen molar-refractivity contribution < 1.29 is 9.53 Å². The van der Waals surface area contributed by atoms with E-state index in [9.17, 15) is 4.79 Å². The Morgan fingerprint density at radius 3 is 2.81 bits per heavy atom. The summed E-state index contributed by atoms with van der Waals surface area (Å²) < 4.78 is 5.08. The highest BCUT2D eigenvalue weighted by Gasteiger charge is 2.17. The van der Waals surface area contributed by atoms with Crippen molar-refractivity contribution in [3.8, 4) is 0 Å². The second-order valence-electron chi connectivity index (χ2n) is 4.12. The van der Waals surface area contributed by atoms with Gasteiger partial charge in [0.2, 0.25) is 5.91 Å². The first-order valence-electron chi connectivity index (χ1n) is 5.37. The number of rotatable bonds is 4. The molecule has 4 heteroatoms. The first kappa shape index (κ1) is 11.1. The number of nitrogens with two attached hydrogens (primary N) is 1. The lowest BCUT2D eigenvalue weighted by Crippen LogP contribution is -2.45. The summed E-state index contributed by atoms with van der Waals surface area (Å²) in [6, 6.07) is 6.01. The minimum Gasteiger partial charge on any atom is -0.378 e. The molecule has 0 bridgehead atoms. The van der Waals surface area contributed by atoms with Gasteiger partial charge in [-0.15, -0.1) is 0 Å². The third-order valence-electron chi connectivity index (χ3n) is 2.85. The summed E-state index contributed by atoms with van der Waals surface area (Å²) in [5, 5.41) is 3.38. The van der Waals surface area contributed by atoms with Gasteiger partial charge in [-0.2, -0.15) is 0 Å². The summed E-state index contributed by atoms with van der Waals surface area (Å²) in [6.07, 6.45) is 0. The van der Waals surface area contributed by atoms with Crippen molar-refractivity contribution in [2.75, 3.05) is 13.2 Å². The number of amides is 1. The maximum atomic E-state index is 11.0. The van der Waals surface area contributed by atoms with E-state index in [1.807, 2.05) is 19.1 Å². The Balaban J connectivity index is 2.00. The number of aryl methyl sites for hydroxylation is 1. The lowest BCUT2D eigenvalue weighted by Gasteiger charge is -2.27. The molecule has 1 amide bonds. The summed E-state index contributed by atoms with van der Waals surface area (Å²) >= 11 is 0. The molecule has 0 unspecified atom stereocenters. The highest BCUT2D eigenvalue weighted by molar-refractivity contribution is 5.93. The van der Waals surface area contributed by atoms with Gasteiger partial charge in [-0.3, -0.25) is 4.79 Å². The number of benzene rings is 1. The highest BCUT2D eigenvalue weighted by Crippen LogP contribution is 2.11. The van der Waals surface area contributed by atoms with Gasteiger partial charge in [0.05, 0.1) is 19.3 Å². The van der Waals surface area contributed by atoms with E-state index >= 15 is 0 Å². The number of carbonyl (C=O) groups is 1. The molecule has 1 fully saturated rings. The largest absolute Gasteiger partial charge is 0.378 e. The molecule has 1 heterocycles. The Kier molecular flexibility index (Phi) is 3.22. The molecule has 2 rings (SSSR count). The van der Waals surface area contributed by atoms with Crippen LogP contribution in [0, 0.1) is 6.92 Å². The molecule has 4 nitrogen and oxygen atoms in total. The van der Waals surface area contributed by atoms with Crippen molar-refractivity contribution in [3.05, 3.63) is 34.9 Å². The van der Waals surface area contributed by atoms with Crippen LogP contribution in [-0.2, 0) is 11.3 Å². The molecule has 0 aromatic heterocycles. The van der Waals surface area contributed by atoms with E-state index in [1.165, 1.54) is 5.56 Å². The van der Waals surface area contributed by atoms with Crippen LogP contribution in [0.3, 0.4) is 0 Å². The Hall–Kier alpha value is -1.39. The minimum atomic E-state index is -0.380. The molecule has 86 valence electrons. The third-order valence-corrected chi connectivity index (χ3v) is 2.85. The Labute approximate surface area is 94.8 Å². The fourth-order valence-corrected chi connectivity index (χ4v) is 1.66. The lowest BCUT2D eigenvalue weighted by atomic mass is 10.0. The van der Waals surface area contributed by atoms with Crippen LogP contribution >= 0.6 is 0 Å². The zero-order valence-electron chi connectivity index (χ0n) is 9.32. The average molecular weight is 220 g/mol. The summed E-state index contributed by atoms with van der Waals surface area (Å²) in [5.41, 5.74) is 8.06. The SMILES string of the molecule is Cc1cc(C(N)=O)ccc1CNC1COC1. The lowest BCUT2D eigenvalue weighted by molar-refractivity contribution is -0.00580. The second-order valence-corrected chi connectivity index (χ2v) is 4.12. The predicted molar refractivity (Wildman–Crippen MR) is 61.1 cm³/mol. The summed E-state index contributed by atoms with van der Waals surface area (Å²) in [4.78, 5) is 11.0. The van der Waals surface area contributed by atoms with E-state index in [2.05, 4.69) is 5.32 Å².